The maximum atomic E-state index is 6.22. The monoisotopic (exact) mass is 543 g/mol. The van der Waals surface area contributed by atoms with E-state index < -0.39 is 0 Å². The van der Waals surface area contributed by atoms with Crippen molar-refractivity contribution < 1.29 is 4.74 Å². The quantitative estimate of drug-likeness (QED) is 0.246. The number of hydrogen-bond donors (Lipinski definition) is 2. The number of piperidine rings is 2. The first kappa shape index (κ1) is 24.4. The molecule has 41 heavy (non-hydrogen) atoms. The maximum Gasteiger partial charge on any atom is 0.159 e. The van der Waals surface area contributed by atoms with Crippen LogP contribution in [0.2, 0.25) is 0 Å². The summed E-state index contributed by atoms with van der Waals surface area (Å²) in [6.45, 7) is 4.76. The number of ether oxygens (including phenoxy) is 1. The number of aromatic nitrogens is 5. The molecule has 2 fully saturated rings. The van der Waals surface area contributed by atoms with Crippen molar-refractivity contribution in [2.45, 2.75) is 38.1 Å². The van der Waals surface area contributed by atoms with Crippen LogP contribution in [0.3, 0.4) is 0 Å². The van der Waals surface area contributed by atoms with E-state index in [1.165, 1.54) is 50.9 Å². The molecule has 8 nitrogen and oxygen atoms in total. The molecule has 2 saturated heterocycles. The van der Waals surface area contributed by atoms with E-state index in [0.717, 1.165) is 75.0 Å². The molecular weight excluding hydrogens is 510 g/mol. The lowest BCUT2D eigenvalue weighted by atomic mass is 9.99. The summed E-state index contributed by atoms with van der Waals surface area (Å²) >= 11 is 0. The van der Waals surface area contributed by atoms with Crippen LogP contribution in [-0.2, 0) is 0 Å². The fourth-order valence-corrected chi connectivity index (χ4v) is 6.56. The average molecular weight is 544 g/mol. The highest BCUT2D eigenvalue weighted by atomic mass is 16.5. The van der Waals surface area contributed by atoms with Crippen LogP contribution in [0, 0.1) is 0 Å². The predicted octanol–water partition coefficient (Wildman–Crippen LogP) is 6.90. The summed E-state index contributed by atoms with van der Waals surface area (Å²) in [7, 11) is 0. The molecule has 0 unspecified atom stereocenters. The zero-order valence-corrected chi connectivity index (χ0v) is 23.0. The normalized spacial score (nSPS) is 17.1. The van der Waals surface area contributed by atoms with E-state index in [1.807, 2.05) is 48.5 Å². The molecule has 3 aromatic heterocycles. The summed E-state index contributed by atoms with van der Waals surface area (Å²) in [4.78, 5) is 18.2. The van der Waals surface area contributed by atoms with Crippen molar-refractivity contribution in [3.63, 3.8) is 0 Å². The number of hydrogen-bond acceptors (Lipinski definition) is 6. The van der Waals surface area contributed by atoms with E-state index >= 15 is 0 Å². The number of pyridine rings is 1. The molecule has 2 aliphatic heterocycles. The van der Waals surface area contributed by atoms with Crippen LogP contribution in [0.5, 0.6) is 11.5 Å². The zero-order valence-electron chi connectivity index (χ0n) is 23.0. The number of aromatic amines is 2. The SMILES string of the molecule is c1cnc2cc(Oc3ccc4[nH]nc(-c5nc6cc(N7CCC(N8CCCCC8)CC7)ccc6[nH]5)c4c3)ccc2c1. The van der Waals surface area contributed by atoms with Crippen molar-refractivity contribution in [3.8, 4) is 23.0 Å². The van der Waals surface area contributed by atoms with Crippen LogP contribution in [0.25, 0.3) is 44.4 Å². The third-order valence-electron chi connectivity index (χ3n) is 8.78. The first-order chi connectivity index (χ1) is 20.3. The number of likely N-dealkylation sites (tertiary alicyclic amines) is 1. The minimum Gasteiger partial charge on any atom is -0.457 e. The second-order valence-corrected chi connectivity index (χ2v) is 11.3. The Hall–Kier alpha value is -4.43. The standard InChI is InChI=1S/C33H33N7O/c1-2-15-39(16-3-1)23-12-17-40(18-13-23)24-7-10-29-31(19-24)36-33(35-29)32-27-20-25(9-11-28(27)37-38-32)41-26-8-6-22-5-4-14-34-30(22)21-26/h4-11,14,19-21,23H,1-3,12-13,15-18H2,(H,35,36)(H,37,38). The van der Waals surface area contributed by atoms with Crippen LogP contribution in [-0.4, -0.2) is 62.3 Å². The van der Waals surface area contributed by atoms with Gasteiger partial charge < -0.3 is 19.5 Å². The Morgan fingerprint density at radius 1 is 0.780 bits per heavy atom. The van der Waals surface area contributed by atoms with Gasteiger partial charge in [0, 0.05) is 47.9 Å². The highest BCUT2D eigenvalue weighted by Crippen LogP contribution is 2.33. The van der Waals surface area contributed by atoms with E-state index in [4.69, 9.17) is 9.72 Å². The van der Waals surface area contributed by atoms with Crippen LogP contribution in [0.4, 0.5) is 5.69 Å². The summed E-state index contributed by atoms with van der Waals surface area (Å²) in [5.41, 5.74) is 5.85. The number of imidazole rings is 1. The minimum absolute atomic E-state index is 0.738. The van der Waals surface area contributed by atoms with Crippen molar-refractivity contribution in [2.24, 2.45) is 0 Å². The van der Waals surface area contributed by atoms with E-state index in [9.17, 15) is 0 Å². The summed E-state index contributed by atoms with van der Waals surface area (Å²) in [6, 6.07) is 23.2. The minimum atomic E-state index is 0.738. The molecule has 8 heteroatoms. The molecule has 206 valence electrons. The number of benzene rings is 3. The lowest BCUT2D eigenvalue weighted by Crippen LogP contribution is -2.46. The lowest BCUT2D eigenvalue weighted by molar-refractivity contribution is 0.141. The third-order valence-corrected chi connectivity index (χ3v) is 8.78. The van der Waals surface area contributed by atoms with Crippen molar-refractivity contribution in [1.82, 2.24) is 30.0 Å². The van der Waals surface area contributed by atoms with E-state index in [2.05, 4.69) is 48.2 Å². The van der Waals surface area contributed by atoms with Gasteiger partial charge in [-0.2, -0.15) is 5.10 Å². The average Bonchev–Trinajstić information content (AvgIpc) is 3.65. The predicted molar refractivity (Wildman–Crippen MR) is 164 cm³/mol. The molecule has 0 saturated carbocycles. The topological polar surface area (TPSA) is 86.0 Å². The highest BCUT2D eigenvalue weighted by Gasteiger charge is 2.26. The first-order valence-electron chi connectivity index (χ1n) is 14.8. The Bertz CT molecular complexity index is 1840. The Kier molecular flexibility index (Phi) is 6.06. The first-order valence-corrected chi connectivity index (χ1v) is 14.8. The van der Waals surface area contributed by atoms with Crippen molar-refractivity contribution in [2.75, 3.05) is 31.1 Å². The van der Waals surface area contributed by atoms with Crippen molar-refractivity contribution in [1.29, 1.82) is 0 Å². The number of nitrogens with one attached hydrogen (secondary N) is 2. The molecule has 0 bridgehead atoms. The summed E-state index contributed by atoms with van der Waals surface area (Å²) in [5, 5.41) is 9.81. The van der Waals surface area contributed by atoms with E-state index in [0.29, 0.717) is 0 Å². The summed E-state index contributed by atoms with van der Waals surface area (Å²) in [6.07, 6.45) is 8.39. The van der Waals surface area contributed by atoms with Gasteiger partial charge in [0.2, 0.25) is 0 Å². The number of nitrogens with zero attached hydrogens (tertiary/aromatic N) is 5. The van der Waals surface area contributed by atoms with Gasteiger partial charge in [0.25, 0.3) is 0 Å². The maximum absolute atomic E-state index is 6.22. The van der Waals surface area contributed by atoms with Crippen LogP contribution >= 0.6 is 0 Å². The van der Waals surface area contributed by atoms with E-state index in [-0.39, 0.29) is 0 Å². The molecule has 0 amide bonds. The largest absolute Gasteiger partial charge is 0.457 e. The van der Waals surface area contributed by atoms with Gasteiger partial charge >= 0.3 is 0 Å². The Balaban J connectivity index is 1.03. The second-order valence-electron chi connectivity index (χ2n) is 11.3. The molecule has 2 N–H and O–H groups in total. The highest BCUT2D eigenvalue weighted by molar-refractivity contribution is 5.94. The summed E-state index contributed by atoms with van der Waals surface area (Å²) < 4.78 is 6.22. The number of fused-ring (bicyclic) bond motifs is 3. The molecule has 0 aliphatic carbocycles. The molecule has 0 radical (unpaired) electrons. The van der Waals surface area contributed by atoms with Crippen LogP contribution in [0.15, 0.2) is 72.9 Å². The molecule has 3 aromatic carbocycles. The van der Waals surface area contributed by atoms with Crippen molar-refractivity contribution in [3.05, 3.63) is 72.9 Å². The summed E-state index contributed by atoms with van der Waals surface area (Å²) in [5.74, 6) is 2.23. The molecular formula is C33H33N7O. The molecule has 2 aliphatic rings. The molecule has 0 spiro atoms. The fraction of sp³-hybridized carbons (Fsp3) is 0.303. The molecule has 8 rings (SSSR count). The molecule has 6 aromatic rings. The van der Waals surface area contributed by atoms with Gasteiger partial charge in [0.1, 0.15) is 17.2 Å². The smallest absolute Gasteiger partial charge is 0.159 e. The van der Waals surface area contributed by atoms with Gasteiger partial charge in [-0.15, -0.1) is 0 Å². The number of rotatable bonds is 5. The van der Waals surface area contributed by atoms with Gasteiger partial charge in [-0.1, -0.05) is 12.5 Å². The van der Waals surface area contributed by atoms with Gasteiger partial charge in [0.05, 0.1) is 22.1 Å². The third kappa shape index (κ3) is 4.68. The van der Waals surface area contributed by atoms with Gasteiger partial charge in [-0.3, -0.25) is 10.1 Å². The number of anilines is 1. The van der Waals surface area contributed by atoms with Crippen LogP contribution < -0.4 is 9.64 Å². The Morgan fingerprint density at radius 2 is 1.61 bits per heavy atom. The molecule has 0 atom stereocenters. The van der Waals surface area contributed by atoms with Gasteiger partial charge in [-0.05, 0) is 93.4 Å². The number of H-pyrrole nitrogens is 2. The Labute approximate surface area is 238 Å². The van der Waals surface area contributed by atoms with E-state index in [1.54, 1.807) is 6.20 Å². The Morgan fingerprint density at radius 3 is 2.51 bits per heavy atom. The van der Waals surface area contributed by atoms with Crippen molar-refractivity contribution >= 4 is 38.5 Å². The lowest BCUT2D eigenvalue weighted by Gasteiger charge is -2.41. The van der Waals surface area contributed by atoms with Gasteiger partial charge in [0.15, 0.2) is 5.82 Å². The fourth-order valence-electron chi connectivity index (χ4n) is 6.56. The molecule has 5 heterocycles. The van der Waals surface area contributed by atoms with Gasteiger partial charge in [-0.25, -0.2) is 4.98 Å². The van der Waals surface area contributed by atoms with Crippen LogP contribution in [0.1, 0.15) is 32.1 Å². The second kappa shape index (κ2) is 10.2. The zero-order chi connectivity index (χ0) is 27.2.